The molecular formula is C26H21N3O4. The Hall–Kier alpha value is -3.94. The van der Waals surface area contributed by atoms with Crippen LogP contribution in [0.5, 0.6) is 5.75 Å². The fraction of sp³-hybridized carbons (Fsp3) is 0.154. The van der Waals surface area contributed by atoms with E-state index in [1.165, 1.54) is 4.90 Å². The number of rotatable bonds is 5. The van der Waals surface area contributed by atoms with Crippen molar-refractivity contribution in [3.05, 3.63) is 65.7 Å². The second kappa shape index (κ2) is 7.30. The number of fused-ring (bicyclic) bond motifs is 9. The molecule has 0 saturated heterocycles. The molecule has 7 nitrogen and oxygen atoms in total. The highest BCUT2D eigenvalue weighted by atomic mass is 16.3. The molecule has 7 heteroatoms. The van der Waals surface area contributed by atoms with Gasteiger partial charge in [0.25, 0.3) is 11.8 Å². The van der Waals surface area contributed by atoms with Crippen molar-refractivity contribution in [1.29, 1.82) is 0 Å². The number of nitrogens with zero attached hydrogens (tertiary/aromatic N) is 1. The number of phenols is 1. The number of hydrogen-bond donors (Lipinski definition) is 4. The van der Waals surface area contributed by atoms with Crippen molar-refractivity contribution in [2.45, 2.75) is 0 Å². The Labute approximate surface area is 188 Å². The van der Waals surface area contributed by atoms with E-state index in [0.29, 0.717) is 35.1 Å². The number of amides is 2. The molecule has 33 heavy (non-hydrogen) atoms. The summed E-state index contributed by atoms with van der Waals surface area (Å²) in [7, 11) is 0. The van der Waals surface area contributed by atoms with Crippen molar-refractivity contribution < 1.29 is 19.8 Å². The highest BCUT2D eigenvalue weighted by molar-refractivity contribution is 6.37. The smallest absolute Gasteiger partial charge is 0.262 e. The molecule has 2 heterocycles. The van der Waals surface area contributed by atoms with E-state index in [9.17, 15) is 14.7 Å². The van der Waals surface area contributed by atoms with Crippen LogP contribution in [0.25, 0.3) is 43.4 Å². The van der Waals surface area contributed by atoms with Crippen LogP contribution in [0.3, 0.4) is 0 Å². The number of carbonyl (C=O) groups excluding carboxylic acids is 2. The van der Waals surface area contributed by atoms with E-state index in [2.05, 4.69) is 10.3 Å². The summed E-state index contributed by atoms with van der Waals surface area (Å²) >= 11 is 0. The largest absolute Gasteiger partial charge is 0.508 e. The molecule has 4 aromatic carbocycles. The predicted octanol–water partition coefficient (Wildman–Crippen LogP) is 3.51. The van der Waals surface area contributed by atoms with Gasteiger partial charge in [-0.1, -0.05) is 24.3 Å². The molecule has 1 aliphatic heterocycles. The summed E-state index contributed by atoms with van der Waals surface area (Å²) in [4.78, 5) is 31.8. The number of nitrogens with one attached hydrogen (secondary N) is 2. The van der Waals surface area contributed by atoms with Crippen LogP contribution in [-0.2, 0) is 0 Å². The van der Waals surface area contributed by atoms with Crippen molar-refractivity contribution in [2.24, 2.45) is 0 Å². The summed E-state index contributed by atoms with van der Waals surface area (Å²) in [6.07, 6.45) is 0. The van der Waals surface area contributed by atoms with Crippen LogP contribution in [0.15, 0.2) is 54.6 Å². The fourth-order valence-electron chi connectivity index (χ4n) is 4.96. The Kier molecular flexibility index (Phi) is 4.36. The average Bonchev–Trinajstić information content (AvgIpc) is 3.30. The first kappa shape index (κ1) is 19.7. The molecule has 2 amide bonds. The zero-order valence-corrected chi connectivity index (χ0v) is 17.7. The van der Waals surface area contributed by atoms with Crippen LogP contribution >= 0.6 is 0 Å². The zero-order chi connectivity index (χ0) is 22.7. The van der Waals surface area contributed by atoms with Crippen LogP contribution in [0.1, 0.15) is 20.7 Å². The van der Waals surface area contributed by atoms with Gasteiger partial charge >= 0.3 is 0 Å². The minimum absolute atomic E-state index is 0.0113. The van der Waals surface area contributed by atoms with Crippen LogP contribution in [0.2, 0.25) is 0 Å². The summed E-state index contributed by atoms with van der Waals surface area (Å²) in [6, 6.07) is 17.0. The molecule has 4 N–H and O–H groups in total. The first-order valence-electron chi connectivity index (χ1n) is 10.9. The highest BCUT2D eigenvalue weighted by Gasteiger charge is 2.39. The van der Waals surface area contributed by atoms with E-state index < -0.39 is 0 Å². The maximum absolute atomic E-state index is 13.6. The third-order valence-corrected chi connectivity index (χ3v) is 6.43. The van der Waals surface area contributed by atoms with Gasteiger partial charge in [-0.25, -0.2) is 0 Å². The predicted molar refractivity (Wildman–Crippen MR) is 128 cm³/mol. The van der Waals surface area contributed by atoms with E-state index in [0.717, 1.165) is 32.4 Å². The van der Waals surface area contributed by atoms with E-state index in [4.69, 9.17) is 5.11 Å². The lowest BCUT2D eigenvalue weighted by Gasteiger charge is -2.14. The third kappa shape index (κ3) is 2.83. The van der Waals surface area contributed by atoms with Crippen molar-refractivity contribution in [2.75, 3.05) is 26.2 Å². The SMILES string of the molecule is O=C1c2c(c3c4ccc(O)cc4[nH]c3c3cc4ccccc4cc23)C(=O)N1CCNCCO. The van der Waals surface area contributed by atoms with Gasteiger partial charge in [-0.3, -0.25) is 14.5 Å². The number of imide groups is 1. The monoisotopic (exact) mass is 439 g/mol. The van der Waals surface area contributed by atoms with Gasteiger partial charge in [0.15, 0.2) is 0 Å². The topological polar surface area (TPSA) is 106 Å². The summed E-state index contributed by atoms with van der Waals surface area (Å²) in [5.41, 5.74) is 2.30. The van der Waals surface area contributed by atoms with Crippen molar-refractivity contribution >= 4 is 55.2 Å². The Morgan fingerprint density at radius 2 is 1.58 bits per heavy atom. The maximum Gasteiger partial charge on any atom is 0.262 e. The molecule has 0 saturated carbocycles. The second-order valence-electron chi connectivity index (χ2n) is 8.34. The van der Waals surface area contributed by atoms with Gasteiger partial charge in [0, 0.05) is 41.9 Å². The fourth-order valence-corrected chi connectivity index (χ4v) is 4.96. The number of aromatic nitrogens is 1. The van der Waals surface area contributed by atoms with Gasteiger partial charge in [-0.05, 0) is 40.4 Å². The molecule has 1 aliphatic rings. The molecule has 0 aliphatic carbocycles. The van der Waals surface area contributed by atoms with E-state index in [1.54, 1.807) is 18.2 Å². The number of aliphatic hydroxyl groups excluding tert-OH is 1. The second-order valence-corrected chi connectivity index (χ2v) is 8.34. The number of carbonyl (C=O) groups is 2. The van der Waals surface area contributed by atoms with Crippen LogP contribution in [-0.4, -0.2) is 58.2 Å². The molecule has 5 aromatic rings. The molecule has 0 fully saturated rings. The minimum Gasteiger partial charge on any atom is -0.508 e. The lowest BCUT2D eigenvalue weighted by Crippen LogP contribution is -2.36. The van der Waals surface area contributed by atoms with E-state index >= 15 is 0 Å². The molecular weight excluding hydrogens is 418 g/mol. The molecule has 0 unspecified atom stereocenters. The number of hydrogen-bond acceptors (Lipinski definition) is 5. The van der Waals surface area contributed by atoms with Crippen molar-refractivity contribution in [1.82, 2.24) is 15.2 Å². The van der Waals surface area contributed by atoms with Crippen molar-refractivity contribution in [3.63, 3.8) is 0 Å². The first-order chi connectivity index (χ1) is 16.1. The molecule has 0 atom stereocenters. The molecule has 0 bridgehead atoms. The quantitative estimate of drug-likeness (QED) is 0.191. The minimum atomic E-state index is -0.324. The van der Waals surface area contributed by atoms with Gasteiger partial charge in [-0.15, -0.1) is 0 Å². The lowest BCUT2D eigenvalue weighted by molar-refractivity contribution is 0.0656. The number of aromatic amines is 1. The van der Waals surface area contributed by atoms with Gasteiger partial charge in [0.05, 0.1) is 28.8 Å². The van der Waals surface area contributed by atoms with E-state index in [-0.39, 0.29) is 30.7 Å². The van der Waals surface area contributed by atoms with Gasteiger partial charge in [-0.2, -0.15) is 0 Å². The zero-order valence-electron chi connectivity index (χ0n) is 17.7. The molecule has 164 valence electrons. The third-order valence-electron chi connectivity index (χ3n) is 6.43. The van der Waals surface area contributed by atoms with Crippen LogP contribution in [0, 0.1) is 0 Å². The van der Waals surface area contributed by atoms with Gasteiger partial charge < -0.3 is 20.5 Å². The molecule has 1 aromatic heterocycles. The van der Waals surface area contributed by atoms with Crippen LogP contribution in [0.4, 0.5) is 0 Å². The lowest BCUT2D eigenvalue weighted by atomic mass is 9.93. The van der Waals surface area contributed by atoms with Gasteiger partial charge in [0.2, 0.25) is 0 Å². The highest BCUT2D eigenvalue weighted by Crippen LogP contribution is 2.42. The number of benzene rings is 4. The van der Waals surface area contributed by atoms with Crippen molar-refractivity contribution in [3.8, 4) is 5.75 Å². The molecule has 0 spiro atoms. The molecule has 6 rings (SSSR count). The Morgan fingerprint density at radius 3 is 2.33 bits per heavy atom. The number of aromatic hydroxyl groups is 1. The Bertz CT molecular complexity index is 1620. The Morgan fingerprint density at radius 1 is 0.848 bits per heavy atom. The number of H-pyrrole nitrogens is 1. The van der Waals surface area contributed by atoms with E-state index in [1.807, 2.05) is 36.4 Å². The number of phenolic OH excluding ortho intramolecular Hbond substituents is 1. The molecule has 0 radical (unpaired) electrons. The Balaban J connectivity index is 1.69. The standard InChI is InChI=1S/C26H21N3O4/c30-10-8-27-7-9-29-25(32)22-18-11-14-3-1-2-4-15(14)12-19(18)24-21(23(22)26(29)33)17-6-5-16(31)13-20(17)28-24/h1-6,11-13,27-28,30-31H,7-10H2. The van der Waals surface area contributed by atoms with Gasteiger partial charge in [0.1, 0.15) is 5.75 Å². The number of aliphatic hydroxyl groups is 1. The summed E-state index contributed by atoms with van der Waals surface area (Å²) in [5.74, 6) is -0.509. The summed E-state index contributed by atoms with van der Waals surface area (Å²) in [6.45, 7) is 1.00. The maximum atomic E-state index is 13.6. The average molecular weight is 439 g/mol. The summed E-state index contributed by atoms with van der Waals surface area (Å²) < 4.78 is 0. The normalized spacial score (nSPS) is 13.8. The van der Waals surface area contributed by atoms with Crippen LogP contribution < -0.4 is 5.32 Å². The summed E-state index contributed by atoms with van der Waals surface area (Å²) in [5, 5.41) is 27.1. The first-order valence-corrected chi connectivity index (χ1v) is 10.9.